The molecule has 0 aromatic heterocycles. The van der Waals surface area contributed by atoms with Gasteiger partial charge in [-0.05, 0) is 35.9 Å². The van der Waals surface area contributed by atoms with Crippen LogP contribution >= 0.6 is 0 Å². The number of hydrogen-bond acceptors (Lipinski definition) is 5. The molecule has 28 heavy (non-hydrogen) atoms. The highest BCUT2D eigenvalue weighted by molar-refractivity contribution is 5.66. The van der Waals surface area contributed by atoms with Crippen molar-refractivity contribution in [3.8, 4) is 0 Å². The molecular formula is C23H31NO4. The lowest BCUT2D eigenvalue weighted by atomic mass is 9.61. The zero-order chi connectivity index (χ0) is 20.3. The fourth-order valence-electron chi connectivity index (χ4n) is 5.13. The van der Waals surface area contributed by atoms with E-state index in [-0.39, 0.29) is 23.4 Å². The summed E-state index contributed by atoms with van der Waals surface area (Å²) >= 11 is 0. The summed E-state index contributed by atoms with van der Waals surface area (Å²) in [5.41, 5.74) is 2.12. The zero-order valence-electron chi connectivity index (χ0n) is 17.3. The molecule has 1 saturated heterocycles. The summed E-state index contributed by atoms with van der Waals surface area (Å²) in [6.07, 6.45) is 3.26. The smallest absolute Gasteiger partial charge is 0.302 e. The minimum absolute atomic E-state index is 0.256. The average Bonchev–Trinajstić information content (AvgIpc) is 2.64. The number of fused-ring (bicyclic) bond motifs is 2. The molecule has 3 rings (SSSR count). The summed E-state index contributed by atoms with van der Waals surface area (Å²) in [5, 5.41) is 0. The van der Waals surface area contributed by atoms with Crippen molar-refractivity contribution in [3.05, 3.63) is 47.5 Å². The summed E-state index contributed by atoms with van der Waals surface area (Å²) in [4.78, 5) is 25.4. The maximum Gasteiger partial charge on any atom is 0.302 e. The SMILES string of the molecule is CC(=O)OCC1=C[C@@](C)(COC(C)=O)[C@H]2[C@H](C)[C@@H]1CCN2Cc1ccccc1. The van der Waals surface area contributed by atoms with Gasteiger partial charge < -0.3 is 9.47 Å². The monoisotopic (exact) mass is 385 g/mol. The second-order valence-electron chi connectivity index (χ2n) is 8.44. The minimum atomic E-state index is -0.327. The Morgan fingerprint density at radius 3 is 2.46 bits per heavy atom. The van der Waals surface area contributed by atoms with Gasteiger partial charge in [0.05, 0.1) is 0 Å². The van der Waals surface area contributed by atoms with Gasteiger partial charge in [-0.15, -0.1) is 0 Å². The van der Waals surface area contributed by atoms with Gasteiger partial charge in [-0.3, -0.25) is 14.5 Å². The highest BCUT2D eigenvalue weighted by atomic mass is 16.5. The molecule has 5 nitrogen and oxygen atoms in total. The fourth-order valence-corrected chi connectivity index (χ4v) is 5.13. The summed E-state index contributed by atoms with van der Waals surface area (Å²) in [6, 6.07) is 10.7. The second-order valence-corrected chi connectivity index (χ2v) is 8.44. The number of carbonyl (C=O) groups is 2. The van der Waals surface area contributed by atoms with Crippen molar-refractivity contribution in [1.82, 2.24) is 4.90 Å². The first-order valence-electron chi connectivity index (χ1n) is 10.1. The van der Waals surface area contributed by atoms with E-state index in [9.17, 15) is 9.59 Å². The molecule has 1 aromatic carbocycles. The van der Waals surface area contributed by atoms with Crippen molar-refractivity contribution in [2.75, 3.05) is 19.8 Å². The van der Waals surface area contributed by atoms with Crippen molar-refractivity contribution in [1.29, 1.82) is 0 Å². The topological polar surface area (TPSA) is 55.8 Å². The predicted octanol–water partition coefficient (Wildman–Crippen LogP) is 3.59. The van der Waals surface area contributed by atoms with E-state index in [1.807, 2.05) is 6.07 Å². The molecule has 1 aliphatic carbocycles. The largest absolute Gasteiger partial charge is 0.465 e. The third-order valence-electron chi connectivity index (χ3n) is 6.18. The van der Waals surface area contributed by atoms with Gasteiger partial charge in [-0.1, -0.05) is 50.3 Å². The molecule has 2 aliphatic rings. The Morgan fingerprint density at radius 1 is 1.14 bits per heavy atom. The van der Waals surface area contributed by atoms with Crippen LogP contribution in [0, 0.1) is 17.3 Å². The number of hydrogen-bond donors (Lipinski definition) is 0. The molecule has 1 aliphatic heterocycles. The van der Waals surface area contributed by atoms with Crippen LogP contribution in [0.15, 0.2) is 42.0 Å². The number of likely N-dealkylation sites (tertiary alicyclic amines) is 1. The van der Waals surface area contributed by atoms with Crippen LogP contribution in [0.1, 0.15) is 39.7 Å². The number of esters is 2. The van der Waals surface area contributed by atoms with E-state index in [1.54, 1.807) is 0 Å². The van der Waals surface area contributed by atoms with E-state index in [1.165, 1.54) is 19.4 Å². The van der Waals surface area contributed by atoms with Gasteiger partial charge in [0.25, 0.3) is 0 Å². The Morgan fingerprint density at radius 2 is 1.82 bits per heavy atom. The third kappa shape index (κ3) is 4.46. The molecule has 0 unspecified atom stereocenters. The number of benzene rings is 1. The summed E-state index contributed by atoms with van der Waals surface area (Å²) in [6.45, 7) is 9.83. The lowest BCUT2D eigenvalue weighted by molar-refractivity contribution is -0.146. The molecule has 1 heterocycles. The van der Waals surface area contributed by atoms with E-state index >= 15 is 0 Å². The van der Waals surface area contributed by atoms with Crippen LogP contribution in [-0.4, -0.2) is 42.6 Å². The van der Waals surface area contributed by atoms with Crippen molar-refractivity contribution in [2.45, 2.75) is 46.7 Å². The molecular weight excluding hydrogens is 354 g/mol. The molecule has 5 heteroatoms. The molecule has 4 atom stereocenters. The van der Waals surface area contributed by atoms with Crippen molar-refractivity contribution in [3.63, 3.8) is 0 Å². The Kier molecular flexibility index (Phi) is 6.23. The molecule has 0 radical (unpaired) electrons. The van der Waals surface area contributed by atoms with Crippen LogP contribution < -0.4 is 0 Å². The lowest BCUT2D eigenvalue weighted by Crippen LogP contribution is -2.59. The summed E-state index contributed by atoms with van der Waals surface area (Å²) in [5.74, 6) is 0.241. The first kappa shape index (κ1) is 20.6. The molecule has 152 valence electrons. The number of rotatable bonds is 6. The van der Waals surface area contributed by atoms with Crippen molar-refractivity contribution in [2.24, 2.45) is 17.3 Å². The van der Waals surface area contributed by atoms with E-state index in [0.717, 1.165) is 25.1 Å². The van der Waals surface area contributed by atoms with Gasteiger partial charge in [0.2, 0.25) is 0 Å². The van der Waals surface area contributed by atoms with Gasteiger partial charge in [-0.25, -0.2) is 0 Å². The third-order valence-corrected chi connectivity index (χ3v) is 6.18. The normalized spacial score (nSPS) is 29.7. The maximum atomic E-state index is 11.5. The number of nitrogens with zero attached hydrogens (tertiary/aromatic N) is 1. The predicted molar refractivity (Wildman–Crippen MR) is 107 cm³/mol. The Balaban J connectivity index is 1.90. The Labute approximate surface area is 167 Å². The van der Waals surface area contributed by atoms with Crippen LogP contribution in [0.2, 0.25) is 0 Å². The lowest BCUT2D eigenvalue weighted by Gasteiger charge is -2.55. The molecule has 0 spiro atoms. The van der Waals surface area contributed by atoms with Crippen LogP contribution in [0.4, 0.5) is 0 Å². The van der Waals surface area contributed by atoms with Gasteiger partial charge in [0.1, 0.15) is 13.2 Å². The minimum Gasteiger partial charge on any atom is -0.465 e. The fraction of sp³-hybridized carbons (Fsp3) is 0.565. The van der Waals surface area contributed by atoms with Crippen LogP contribution in [0.3, 0.4) is 0 Å². The highest BCUT2D eigenvalue weighted by Gasteiger charge is 2.50. The molecule has 0 N–H and O–H groups in total. The molecule has 0 amide bonds. The van der Waals surface area contributed by atoms with Gasteiger partial charge in [-0.2, -0.15) is 0 Å². The zero-order valence-corrected chi connectivity index (χ0v) is 17.3. The average molecular weight is 386 g/mol. The number of piperidine rings is 1. The molecule has 1 fully saturated rings. The standard InChI is InChI=1S/C23H31NO4/c1-16-21-10-11-24(13-19-8-6-5-7-9-19)22(16)23(4,15-28-18(3)26)12-20(21)14-27-17(2)25/h5-9,12,16,21-22H,10-11,13-15H2,1-4H3/t16-,21+,22-,23+/m1/s1. The van der Waals surface area contributed by atoms with Crippen molar-refractivity contribution < 1.29 is 19.1 Å². The van der Waals surface area contributed by atoms with E-state index in [4.69, 9.17) is 9.47 Å². The van der Waals surface area contributed by atoms with Crippen LogP contribution in [0.25, 0.3) is 0 Å². The van der Waals surface area contributed by atoms with Crippen molar-refractivity contribution >= 4 is 11.9 Å². The Hall–Kier alpha value is -2.14. The molecule has 0 saturated carbocycles. The van der Waals surface area contributed by atoms with Crippen LogP contribution in [0.5, 0.6) is 0 Å². The Bertz CT molecular complexity index is 744. The summed E-state index contributed by atoms with van der Waals surface area (Å²) < 4.78 is 10.8. The summed E-state index contributed by atoms with van der Waals surface area (Å²) in [7, 11) is 0. The molecule has 1 aromatic rings. The first-order chi connectivity index (χ1) is 13.3. The van der Waals surface area contributed by atoms with Crippen LogP contribution in [-0.2, 0) is 25.6 Å². The quantitative estimate of drug-likeness (QED) is 0.553. The maximum absolute atomic E-state index is 11.5. The first-order valence-corrected chi connectivity index (χ1v) is 10.1. The van der Waals surface area contributed by atoms with Gasteiger partial charge in [0, 0.05) is 31.8 Å². The van der Waals surface area contributed by atoms with E-state index in [2.05, 4.69) is 49.1 Å². The van der Waals surface area contributed by atoms with Gasteiger partial charge in [0.15, 0.2) is 0 Å². The number of carbonyl (C=O) groups excluding carboxylic acids is 2. The highest BCUT2D eigenvalue weighted by Crippen LogP contribution is 2.48. The molecule has 2 bridgehead atoms. The van der Waals surface area contributed by atoms with Gasteiger partial charge >= 0.3 is 11.9 Å². The van der Waals surface area contributed by atoms with E-state index < -0.39 is 0 Å². The van der Waals surface area contributed by atoms with E-state index in [0.29, 0.717) is 25.0 Å². The number of ether oxygens (including phenoxy) is 2. The second kappa shape index (κ2) is 8.48.